The highest BCUT2D eigenvalue weighted by Gasteiger charge is 2.45. The lowest BCUT2D eigenvalue weighted by Gasteiger charge is -2.26. The van der Waals surface area contributed by atoms with Gasteiger partial charge in [0, 0.05) is 12.1 Å². The second kappa shape index (κ2) is 8.79. The predicted molar refractivity (Wildman–Crippen MR) is 114 cm³/mol. The number of amides is 1. The fraction of sp³-hybridized carbons (Fsp3) is 0.333. The molecule has 1 atom stereocenters. The molecular weight excluding hydrogens is 383 g/mol. The van der Waals surface area contributed by atoms with Crippen molar-refractivity contribution < 1.29 is 19.1 Å². The summed E-state index contributed by atoms with van der Waals surface area (Å²) < 4.78 is 13.5. The number of carbonyl (C=O) groups is 2. The zero-order valence-electron chi connectivity index (χ0n) is 17.8. The van der Waals surface area contributed by atoms with Gasteiger partial charge in [0.15, 0.2) is 0 Å². The van der Waals surface area contributed by atoms with Crippen LogP contribution in [0.4, 0.5) is 4.39 Å². The molecule has 30 heavy (non-hydrogen) atoms. The van der Waals surface area contributed by atoms with Crippen LogP contribution in [0.15, 0.2) is 48.0 Å². The van der Waals surface area contributed by atoms with Crippen molar-refractivity contribution >= 4 is 17.4 Å². The molecule has 0 radical (unpaired) electrons. The lowest BCUT2D eigenvalue weighted by atomic mass is 9.93. The van der Waals surface area contributed by atoms with Crippen molar-refractivity contribution in [2.45, 2.75) is 26.3 Å². The van der Waals surface area contributed by atoms with Crippen LogP contribution in [0.3, 0.4) is 0 Å². The van der Waals surface area contributed by atoms with Crippen LogP contribution in [-0.4, -0.2) is 53.8 Å². The topological polar surface area (TPSA) is 60.9 Å². The Bertz CT molecular complexity index is 996. The van der Waals surface area contributed by atoms with Crippen molar-refractivity contribution in [1.29, 1.82) is 0 Å². The number of aliphatic hydroxyl groups excluding tert-OH is 1. The summed E-state index contributed by atoms with van der Waals surface area (Å²) in [6.45, 7) is 4.84. The van der Waals surface area contributed by atoms with E-state index in [1.807, 2.05) is 45.0 Å². The quantitative estimate of drug-likeness (QED) is 0.447. The average molecular weight is 410 g/mol. The Hall–Kier alpha value is -2.99. The van der Waals surface area contributed by atoms with Gasteiger partial charge in [0.25, 0.3) is 11.7 Å². The summed E-state index contributed by atoms with van der Waals surface area (Å²) in [6.07, 6.45) is 0.668. The normalized spacial score (nSPS) is 18.5. The maximum absolute atomic E-state index is 13.5. The van der Waals surface area contributed by atoms with Crippen LogP contribution in [0.1, 0.15) is 34.7 Å². The molecule has 1 heterocycles. The summed E-state index contributed by atoms with van der Waals surface area (Å²) >= 11 is 0. The minimum atomic E-state index is -0.757. The molecule has 1 saturated heterocycles. The third-order valence-corrected chi connectivity index (χ3v) is 5.38. The number of hydrogen-bond acceptors (Lipinski definition) is 4. The van der Waals surface area contributed by atoms with Crippen LogP contribution in [0, 0.1) is 19.7 Å². The van der Waals surface area contributed by atoms with Crippen LogP contribution < -0.4 is 0 Å². The van der Waals surface area contributed by atoms with E-state index in [0.29, 0.717) is 24.1 Å². The smallest absolute Gasteiger partial charge is 0.295 e. The minimum Gasteiger partial charge on any atom is -0.507 e. The van der Waals surface area contributed by atoms with Gasteiger partial charge in [-0.15, -0.1) is 0 Å². The van der Waals surface area contributed by atoms with Gasteiger partial charge in [-0.2, -0.15) is 0 Å². The highest BCUT2D eigenvalue weighted by molar-refractivity contribution is 6.46. The lowest BCUT2D eigenvalue weighted by Crippen LogP contribution is -2.32. The number of aryl methyl sites for hydroxylation is 2. The van der Waals surface area contributed by atoms with E-state index in [1.54, 1.807) is 18.2 Å². The standard InChI is InChI=1S/C24H27FN2O3/c1-15-6-7-16(2)19(14-15)22(28)20-21(17-8-10-18(25)11-9-17)27(24(30)23(20)29)13-5-12-26(3)4/h6-11,14,21,28H,5,12-13H2,1-4H3/b22-20+. The highest BCUT2D eigenvalue weighted by Crippen LogP contribution is 2.40. The highest BCUT2D eigenvalue weighted by atomic mass is 19.1. The van der Waals surface area contributed by atoms with Crippen molar-refractivity contribution in [3.05, 3.63) is 76.1 Å². The first kappa shape index (κ1) is 21.7. The van der Waals surface area contributed by atoms with Gasteiger partial charge >= 0.3 is 0 Å². The zero-order chi connectivity index (χ0) is 22.0. The number of rotatable bonds is 6. The Morgan fingerprint density at radius 1 is 1.10 bits per heavy atom. The number of Topliss-reactive ketones (excluding diaryl/α,β-unsaturated/α-hetero) is 1. The fourth-order valence-electron chi connectivity index (χ4n) is 3.80. The van der Waals surface area contributed by atoms with Crippen molar-refractivity contribution in [2.75, 3.05) is 27.2 Å². The molecule has 158 valence electrons. The molecule has 0 saturated carbocycles. The molecule has 2 aromatic carbocycles. The second-order valence-corrected chi connectivity index (χ2v) is 8.02. The maximum Gasteiger partial charge on any atom is 0.295 e. The second-order valence-electron chi connectivity index (χ2n) is 8.02. The molecule has 1 unspecified atom stereocenters. The molecule has 1 N–H and O–H groups in total. The van der Waals surface area contributed by atoms with E-state index in [2.05, 4.69) is 0 Å². The zero-order valence-corrected chi connectivity index (χ0v) is 17.8. The molecule has 0 spiro atoms. The van der Waals surface area contributed by atoms with Gasteiger partial charge in [-0.05, 0) is 70.2 Å². The Morgan fingerprint density at radius 3 is 2.40 bits per heavy atom. The Balaban J connectivity index is 2.13. The molecule has 1 aliphatic rings. The first-order chi connectivity index (χ1) is 14.2. The van der Waals surface area contributed by atoms with Crippen molar-refractivity contribution in [1.82, 2.24) is 9.80 Å². The molecule has 1 fully saturated rings. The van der Waals surface area contributed by atoms with E-state index >= 15 is 0 Å². The molecule has 6 heteroatoms. The number of halogens is 1. The van der Waals surface area contributed by atoms with Gasteiger partial charge < -0.3 is 14.9 Å². The van der Waals surface area contributed by atoms with Crippen LogP contribution in [0.5, 0.6) is 0 Å². The Kier molecular flexibility index (Phi) is 6.37. The number of hydrogen-bond donors (Lipinski definition) is 1. The number of carbonyl (C=O) groups excluding carboxylic acids is 2. The average Bonchev–Trinajstić information content (AvgIpc) is 2.94. The Morgan fingerprint density at radius 2 is 1.77 bits per heavy atom. The SMILES string of the molecule is Cc1ccc(C)c(/C(O)=C2\C(=O)C(=O)N(CCCN(C)C)C2c2ccc(F)cc2)c1. The number of benzene rings is 2. The Labute approximate surface area is 176 Å². The van der Waals surface area contributed by atoms with Crippen molar-refractivity contribution in [3.63, 3.8) is 0 Å². The minimum absolute atomic E-state index is 0.0464. The molecule has 1 aliphatic heterocycles. The third-order valence-electron chi connectivity index (χ3n) is 5.38. The maximum atomic E-state index is 13.5. The first-order valence-electron chi connectivity index (χ1n) is 9.97. The van der Waals surface area contributed by atoms with Crippen LogP contribution in [0.25, 0.3) is 5.76 Å². The molecule has 0 bridgehead atoms. The largest absolute Gasteiger partial charge is 0.507 e. The summed E-state index contributed by atoms with van der Waals surface area (Å²) in [5.41, 5.74) is 2.89. The van der Waals surface area contributed by atoms with E-state index in [9.17, 15) is 19.1 Å². The summed E-state index contributed by atoms with van der Waals surface area (Å²) in [5, 5.41) is 11.1. The molecular formula is C24H27FN2O3. The summed E-state index contributed by atoms with van der Waals surface area (Å²) in [4.78, 5) is 29.3. The number of nitrogens with zero attached hydrogens (tertiary/aromatic N) is 2. The van der Waals surface area contributed by atoms with Gasteiger partial charge in [-0.3, -0.25) is 9.59 Å². The van der Waals surface area contributed by atoms with Gasteiger partial charge in [0.1, 0.15) is 11.6 Å². The van der Waals surface area contributed by atoms with E-state index in [0.717, 1.165) is 17.7 Å². The predicted octanol–water partition coefficient (Wildman–Crippen LogP) is 3.82. The molecule has 2 aromatic rings. The van der Waals surface area contributed by atoms with Gasteiger partial charge in [-0.25, -0.2) is 4.39 Å². The molecule has 3 rings (SSSR count). The molecule has 1 amide bonds. The van der Waals surface area contributed by atoms with Gasteiger partial charge in [-0.1, -0.05) is 29.8 Å². The van der Waals surface area contributed by atoms with Crippen molar-refractivity contribution in [2.24, 2.45) is 0 Å². The van der Waals surface area contributed by atoms with E-state index in [-0.39, 0.29) is 11.3 Å². The number of aliphatic hydroxyl groups is 1. The first-order valence-corrected chi connectivity index (χ1v) is 9.97. The van der Waals surface area contributed by atoms with E-state index < -0.39 is 23.5 Å². The van der Waals surface area contributed by atoms with Crippen molar-refractivity contribution in [3.8, 4) is 0 Å². The number of likely N-dealkylation sites (tertiary alicyclic amines) is 1. The van der Waals surface area contributed by atoms with Crippen LogP contribution >= 0.6 is 0 Å². The summed E-state index contributed by atoms with van der Waals surface area (Å²) in [6, 6.07) is 10.5. The fourth-order valence-corrected chi connectivity index (χ4v) is 3.80. The van der Waals surface area contributed by atoms with Crippen LogP contribution in [0.2, 0.25) is 0 Å². The molecule has 5 nitrogen and oxygen atoms in total. The lowest BCUT2D eigenvalue weighted by molar-refractivity contribution is -0.139. The monoisotopic (exact) mass is 410 g/mol. The van der Waals surface area contributed by atoms with E-state index in [4.69, 9.17) is 0 Å². The number of ketones is 1. The third kappa shape index (κ3) is 4.28. The van der Waals surface area contributed by atoms with Gasteiger partial charge in [0.2, 0.25) is 0 Å². The van der Waals surface area contributed by atoms with E-state index in [1.165, 1.54) is 17.0 Å². The summed E-state index contributed by atoms with van der Waals surface area (Å²) in [5.74, 6) is -1.96. The molecule has 0 aliphatic carbocycles. The van der Waals surface area contributed by atoms with Gasteiger partial charge in [0.05, 0.1) is 11.6 Å². The molecule has 0 aromatic heterocycles. The summed E-state index contributed by atoms with van der Waals surface area (Å²) in [7, 11) is 3.87. The van der Waals surface area contributed by atoms with Crippen LogP contribution in [-0.2, 0) is 9.59 Å².